The second-order valence-corrected chi connectivity index (χ2v) is 2.57. The molecule has 1 rings (SSSR count). The van der Waals surface area contributed by atoms with Crippen molar-refractivity contribution in [3.8, 4) is 5.88 Å². The molecule has 2 N–H and O–H groups in total. The number of halogens is 2. The molecule has 14 heavy (non-hydrogen) atoms. The highest BCUT2D eigenvalue weighted by Gasteiger charge is 2.16. The number of methoxy groups -OCH3 is 1. The van der Waals surface area contributed by atoms with Crippen molar-refractivity contribution in [1.82, 2.24) is 4.98 Å². The van der Waals surface area contributed by atoms with Gasteiger partial charge in [0.15, 0.2) is 0 Å². The Morgan fingerprint density at radius 1 is 1.64 bits per heavy atom. The van der Waals surface area contributed by atoms with Gasteiger partial charge in [0.25, 0.3) is 12.0 Å². The van der Waals surface area contributed by atoms with Gasteiger partial charge in [-0.05, 0) is 6.07 Å². The van der Waals surface area contributed by atoms with Crippen LogP contribution in [0.25, 0.3) is 0 Å². The van der Waals surface area contributed by atoms with Crippen molar-refractivity contribution >= 4 is 0 Å². The van der Waals surface area contributed by atoms with Crippen LogP contribution in [0.4, 0.5) is 8.78 Å². The van der Waals surface area contributed by atoms with Crippen LogP contribution in [0.5, 0.6) is 5.88 Å². The molecule has 4 nitrogen and oxygen atoms in total. The lowest BCUT2D eigenvalue weighted by molar-refractivity contribution is 0.145. The van der Waals surface area contributed by atoms with E-state index < -0.39 is 24.2 Å². The van der Waals surface area contributed by atoms with E-state index in [1.165, 1.54) is 7.11 Å². The lowest BCUT2D eigenvalue weighted by Crippen LogP contribution is -2.15. The molecule has 0 radical (unpaired) electrons. The van der Waals surface area contributed by atoms with E-state index in [0.29, 0.717) is 0 Å². The first kappa shape index (κ1) is 10.6. The maximum Gasteiger partial charge on any atom is 0.268 e. The summed E-state index contributed by atoms with van der Waals surface area (Å²) in [4.78, 5) is 13.2. The molecule has 0 amide bonds. The standard InChI is InChI=1S/C8H9F2NO3/c1-14-8-5(6(9)10)2-4(3-12)7(13)11-8/h2,6,12H,3H2,1H3,(H,11,13). The van der Waals surface area contributed by atoms with E-state index in [1.54, 1.807) is 0 Å². The SMILES string of the molecule is COc1[nH]c(=O)c(CO)cc1C(F)F. The number of hydrogen-bond donors (Lipinski definition) is 2. The minimum atomic E-state index is -2.76. The van der Waals surface area contributed by atoms with Crippen LogP contribution in [-0.2, 0) is 6.61 Å². The minimum Gasteiger partial charge on any atom is -0.482 e. The molecule has 1 aromatic rings. The predicted molar refractivity (Wildman–Crippen MR) is 44.5 cm³/mol. The van der Waals surface area contributed by atoms with Crippen LogP contribution in [0.15, 0.2) is 10.9 Å². The van der Waals surface area contributed by atoms with Crippen LogP contribution in [-0.4, -0.2) is 17.2 Å². The van der Waals surface area contributed by atoms with E-state index in [-0.39, 0.29) is 11.4 Å². The smallest absolute Gasteiger partial charge is 0.268 e. The van der Waals surface area contributed by atoms with Crippen LogP contribution in [0.1, 0.15) is 17.6 Å². The number of pyridine rings is 1. The molecular weight excluding hydrogens is 196 g/mol. The predicted octanol–water partition coefficient (Wildman–Crippen LogP) is 0.813. The molecule has 78 valence electrons. The lowest BCUT2D eigenvalue weighted by Gasteiger charge is -2.07. The summed E-state index contributed by atoms with van der Waals surface area (Å²) in [6.07, 6.45) is -2.76. The summed E-state index contributed by atoms with van der Waals surface area (Å²) in [6.45, 7) is -0.584. The normalized spacial score (nSPS) is 10.6. The van der Waals surface area contributed by atoms with Gasteiger partial charge in [0.2, 0.25) is 5.88 Å². The number of aromatic nitrogens is 1. The molecule has 6 heteroatoms. The quantitative estimate of drug-likeness (QED) is 0.767. The van der Waals surface area contributed by atoms with Gasteiger partial charge in [-0.1, -0.05) is 0 Å². The summed E-state index contributed by atoms with van der Waals surface area (Å²) < 4.78 is 29.3. The zero-order valence-electron chi connectivity index (χ0n) is 7.38. The Kier molecular flexibility index (Phi) is 3.19. The number of aliphatic hydroxyl groups is 1. The summed E-state index contributed by atoms with van der Waals surface area (Å²) in [5.74, 6) is -0.276. The summed E-state index contributed by atoms with van der Waals surface area (Å²) in [5, 5.41) is 8.68. The summed E-state index contributed by atoms with van der Waals surface area (Å²) in [7, 11) is 1.18. The third kappa shape index (κ3) is 1.90. The van der Waals surface area contributed by atoms with Crippen molar-refractivity contribution < 1.29 is 18.6 Å². The number of aromatic amines is 1. The Labute approximate surface area is 78.1 Å². The average Bonchev–Trinajstić information content (AvgIpc) is 2.16. The molecule has 0 aromatic carbocycles. The largest absolute Gasteiger partial charge is 0.482 e. The maximum absolute atomic E-state index is 12.4. The molecule has 0 saturated heterocycles. The third-order valence-electron chi connectivity index (χ3n) is 1.72. The van der Waals surface area contributed by atoms with E-state index in [1.807, 2.05) is 0 Å². The van der Waals surface area contributed by atoms with Gasteiger partial charge in [0.1, 0.15) is 0 Å². The third-order valence-corrected chi connectivity index (χ3v) is 1.72. The van der Waals surface area contributed by atoms with Gasteiger partial charge in [-0.3, -0.25) is 9.78 Å². The first-order valence-corrected chi connectivity index (χ1v) is 3.79. The molecule has 0 aliphatic carbocycles. The number of H-pyrrole nitrogens is 1. The molecule has 0 atom stereocenters. The summed E-state index contributed by atoms with van der Waals surface area (Å²) >= 11 is 0. The number of nitrogens with one attached hydrogen (secondary N) is 1. The molecule has 0 bridgehead atoms. The number of alkyl halides is 2. The molecule has 1 aromatic heterocycles. The van der Waals surface area contributed by atoms with Gasteiger partial charge in [-0.2, -0.15) is 0 Å². The molecule has 0 aliphatic rings. The van der Waals surface area contributed by atoms with Crippen molar-refractivity contribution in [2.75, 3.05) is 7.11 Å². The molecule has 0 fully saturated rings. The van der Waals surface area contributed by atoms with E-state index in [9.17, 15) is 13.6 Å². The van der Waals surface area contributed by atoms with E-state index in [4.69, 9.17) is 5.11 Å². The van der Waals surface area contributed by atoms with Crippen molar-refractivity contribution in [2.45, 2.75) is 13.0 Å². The van der Waals surface area contributed by atoms with E-state index in [2.05, 4.69) is 9.72 Å². The summed E-state index contributed by atoms with van der Waals surface area (Å²) in [5.41, 5.74) is -1.17. The molecule has 1 heterocycles. The Bertz CT molecular complexity index is 375. The van der Waals surface area contributed by atoms with Crippen LogP contribution in [0.3, 0.4) is 0 Å². The van der Waals surface area contributed by atoms with Gasteiger partial charge in [0.05, 0.1) is 19.3 Å². The second kappa shape index (κ2) is 4.19. The molecule has 0 saturated carbocycles. The van der Waals surface area contributed by atoms with Crippen LogP contribution in [0, 0.1) is 0 Å². The fraction of sp³-hybridized carbons (Fsp3) is 0.375. The number of hydrogen-bond acceptors (Lipinski definition) is 3. The minimum absolute atomic E-state index is 0.110. The molecule has 0 aliphatic heterocycles. The maximum atomic E-state index is 12.4. The average molecular weight is 205 g/mol. The first-order valence-electron chi connectivity index (χ1n) is 3.79. The van der Waals surface area contributed by atoms with Gasteiger partial charge in [0, 0.05) is 5.56 Å². The highest BCUT2D eigenvalue weighted by molar-refractivity contribution is 5.30. The van der Waals surface area contributed by atoms with Gasteiger partial charge in [-0.25, -0.2) is 8.78 Å². The molecule has 0 unspecified atom stereocenters. The second-order valence-electron chi connectivity index (χ2n) is 2.57. The lowest BCUT2D eigenvalue weighted by atomic mass is 10.2. The van der Waals surface area contributed by atoms with Gasteiger partial charge < -0.3 is 9.84 Å². The zero-order valence-corrected chi connectivity index (χ0v) is 7.38. The Balaban J connectivity index is 3.32. The van der Waals surface area contributed by atoms with Crippen molar-refractivity contribution in [1.29, 1.82) is 0 Å². The molecular formula is C8H9F2NO3. The van der Waals surface area contributed by atoms with Crippen LogP contribution >= 0.6 is 0 Å². The fourth-order valence-electron chi connectivity index (χ4n) is 1.02. The van der Waals surface area contributed by atoms with Crippen LogP contribution in [0.2, 0.25) is 0 Å². The Morgan fingerprint density at radius 2 is 2.29 bits per heavy atom. The zero-order chi connectivity index (χ0) is 10.7. The highest BCUT2D eigenvalue weighted by Crippen LogP contribution is 2.26. The summed E-state index contributed by atoms with van der Waals surface area (Å²) in [6, 6.07) is 0.933. The van der Waals surface area contributed by atoms with Crippen molar-refractivity contribution in [3.63, 3.8) is 0 Å². The highest BCUT2D eigenvalue weighted by atomic mass is 19.3. The van der Waals surface area contributed by atoms with Gasteiger partial charge in [-0.15, -0.1) is 0 Å². The topological polar surface area (TPSA) is 62.3 Å². The number of aliphatic hydroxyl groups excluding tert-OH is 1. The molecule has 0 spiro atoms. The van der Waals surface area contributed by atoms with Crippen LogP contribution < -0.4 is 10.3 Å². The van der Waals surface area contributed by atoms with E-state index >= 15 is 0 Å². The monoisotopic (exact) mass is 205 g/mol. The van der Waals surface area contributed by atoms with Crippen molar-refractivity contribution in [3.05, 3.63) is 27.5 Å². The van der Waals surface area contributed by atoms with E-state index in [0.717, 1.165) is 6.07 Å². The number of ether oxygens (including phenoxy) is 1. The first-order chi connectivity index (χ1) is 6.60. The Morgan fingerprint density at radius 3 is 2.71 bits per heavy atom. The Hall–Kier alpha value is -1.43. The fourth-order valence-corrected chi connectivity index (χ4v) is 1.02. The number of rotatable bonds is 3. The van der Waals surface area contributed by atoms with Crippen molar-refractivity contribution in [2.24, 2.45) is 0 Å². The van der Waals surface area contributed by atoms with Gasteiger partial charge >= 0.3 is 0 Å².